The fourth-order valence-electron chi connectivity index (χ4n) is 10.2. The van der Waals surface area contributed by atoms with Crippen molar-refractivity contribution in [2.45, 2.75) is 18.3 Å². The molecule has 2 aliphatic carbocycles. The van der Waals surface area contributed by atoms with Crippen molar-refractivity contribution >= 4 is 49.2 Å². The van der Waals surface area contributed by atoms with E-state index in [2.05, 4.69) is 210 Å². The summed E-state index contributed by atoms with van der Waals surface area (Å²) in [7, 11) is 0. The van der Waals surface area contributed by atoms with E-state index in [0.29, 0.717) is 0 Å². The summed E-state index contributed by atoms with van der Waals surface area (Å²) in [6.45, 7) is 0. The molecule has 0 saturated carbocycles. The Morgan fingerprint density at radius 3 is 1.84 bits per heavy atom. The second kappa shape index (κ2) is 12.4. The molecule has 0 bridgehead atoms. The van der Waals surface area contributed by atoms with E-state index in [1.54, 1.807) is 0 Å². The summed E-state index contributed by atoms with van der Waals surface area (Å²) in [5.41, 5.74) is 18.4. The lowest BCUT2D eigenvalue weighted by Gasteiger charge is -2.35. The van der Waals surface area contributed by atoms with Gasteiger partial charge < -0.3 is 9.55 Å². The zero-order valence-corrected chi connectivity index (χ0v) is 31.4. The van der Waals surface area contributed by atoms with Crippen molar-refractivity contribution in [1.29, 1.82) is 0 Å². The zero-order valence-electron chi connectivity index (χ0n) is 31.4. The van der Waals surface area contributed by atoms with Gasteiger partial charge in [-0.2, -0.15) is 0 Å². The Balaban J connectivity index is 1.19. The highest BCUT2D eigenvalue weighted by Gasteiger charge is 2.49. The summed E-state index contributed by atoms with van der Waals surface area (Å²) >= 11 is 0. The molecule has 0 unspecified atom stereocenters. The number of benzene rings is 8. The summed E-state index contributed by atoms with van der Waals surface area (Å²) in [6, 6.07) is 69.8. The number of rotatable bonds is 5. The third-order valence-electron chi connectivity index (χ3n) is 12.6. The summed E-state index contributed by atoms with van der Waals surface area (Å²) in [6.07, 6.45) is 7.11. The van der Waals surface area contributed by atoms with Crippen LogP contribution in [0, 0.1) is 0 Å². The van der Waals surface area contributed by atoms with Crippen LogP contribution < -0.4 is 0 Å². The molecule has 268 valence electrons. The van der Waals surface area contributed by atoms with Crippen molar-refractivity contribution in [3.63, 3.8) is 0 Å². The number of hydrogen-bond acceptors (Lipinski definition) is 0. The van der Waals surface area contributed by atoms with Gasteiger partial charge in [0.05, 0.1) is 16.4 Å². The van der Waals surface area contributed by atoms with Crippen molar-refractivity contribution in [3.05, 3.63) is 228 Å². The van der Waals surface area contributed by atoms with Crippen LogP contribution in [-0.4, -0.2) is 9.55 Å². The predicted octanol–water partition coefficient (Wildman–Crippen LogP) is 14.2. The van der Waals surface area contributed by atoms with Crippen LogP contribution in [0.1, 0.15) is 35.1 Å². The molecular formula is C55H38N2. The van der Waals surface area contributed by atoms with Gasteiger partial charge in [0.15, 0.2) is 0 Å². The number of nitrogens with one attached hydrogen (secondary N) is 1. The highest BCUT2D eigenvalue weighted by molar-refractivity contribution is 6.12. The molecule has 0 atom stereocenters. The average molecular weight is 727 g/mol. The van der Waals surface area contributed by atoms with Crippen LogP contribution in [-0.2, 0) is 5.41 Å². The molecule has 2 heteroatoms. The maximum Gasteiger partial charge on any atom is 0.0710 e. The van der Waals surface area contributed by atoms with Crippen LogP contribution in [0.4, 0.5) is 0 Å². The number of hydrogen-bond donors (Lipinski definition) is 1. The Hall–Kier alpha value is -7.16. The van der Waals surface area contributed by atoms with Gasteiger partial charge in [0.2, 0.25) is 0 Å². The Kier molecular flexibility index (Phi) is 7.00. The fraction of sp³-hybridized carbons (Fsp3) is 0.0545. The first-order valence-corrected chi connectivity index (χ1v) is 20.1. The second-order valence-corrected chi connectivity index (χ2v) is 15.6. The first-order valence-electron chi connectivity index (χ1n) is 20.1. The molecule has 2 nitrogen and oxygen atoms in total. The van der Waals surface area contributed by atoms with Crippen LogP contribution >= 0.6 is 0 Å². The number of nitrogens with zero attached hydrogens (tertiary/aromatic N) is 1. The lowest BCUT2D eigenvalue weighted by atomic mass is 9.66. The average Bonchev–Trinajstić information content (AvgIpc) is 3.93. The smallest absolute Gasteiger partial charge is 0.0710 e. The van der Waals surface area contributed by atoms with Crippen LogP contribution in [0.3, 0.4) is 0 Å². The third kappa shape index (κ3) is 4.65. The first kappa shape index (κ1) is 32.1. The van der Waals surface area contributed by atoms with Crippen LogP contribution in [0.2, 0.25) is 0 Å². The highest BCUT2D eigenvalue weighted by Crippen LogP contribution is 2.61. The van der Waals surface area contributed by atoms with Crippen LogP contribution in [0.5, 0.6) is 0 Å². The fourth-order valence-corrected chi connectivity index (χ4v) is 10.2. The van der Waals surface area contributed by atoms with E-state index in [4.69, 9.17) is 0 Å². The molecule has 57 heavy (non-hydrogen) atoms. The first-order chi connectivity index (χ1) is 28.3. The number of para-hydroxylation sites is 3. The van der Waals surface area contributed by atoms with Gasteiger partial charge in [-0.05, 0) is 129 Å². The molecule has 2 aromatic heterocycles. The van der Waals surface area contributed by atoms with Crippen molar-refractivity contribution in [1.82, 2.24) is 9.55 Å². The van der Waals surface area contributed by atoms with Gasteiger partial charge in [0.25, 0.3) is 0 Å². The van der Waals surface area contributed by atoms with E-state index in [1.165, 1.54) is 99.4 Å². The van der Waals surface area contributed by atoms with E-state index in [-0.39, 0.29) is 0 Å². The lowest BCUT2D eigenvalue weighted by Crippen LogP contribution is -2.29. The van der Waals surface area contributed by atoms with Gasteiger partial charge in [-0.1, -0.05) is 140 Å². The molecule has 10 aromatic rings. The molecule has 0 fully saturated rings. The quantitative estimate of drug-likeness (QED) is 0.182. The molecule has 0 spiro atoms. The summed E-state index contributed by atoms with van der Waals surface area (Å²) < 4.78 is 2.40. The van der Waals surface area contributed by atoms with Crippen molar-refractivity contribution in [2.24, 2.45) is 0 Å². The summed E-state index contributed by atoms with van der Waals surface area (Å²) in [4.78, 5) is 3.67. The monoisotopic (exact) mass is 726 g/mol. The molecule has 2 heterocycles. The highest BCUT2D eigenvalue weighted by atomic mass is 15.0. The number of aromatic nitrogens is 2. The van der Waals surface area contributed by atoms with E-state index < -0.39 is 5.41 Å². The second-order valence-electron chi connectivity index (χ2n) is 15.6. The molecule has 0 amide bonds. The van der Waals surface area contributed by atoms with Crippen LogP contribution in [0.25, 0.3) is 77.1 Å². The van der Waals surface area contributed by atoms with Crippen LogP contribution in [0.15, 0.2) is 206 Å². The normalized spacial score (nSPS) is 14.5. The largest absolute Gasteiger partial charge is 0.355 e. The number of fused-ring (bicyclic) bond motifs is 9. The summed E-state index contributed by atoms with van der Waals surface area (Å²) in [5, 5.41) is 5.02. The standard InChI is InChI=1S/C55H38N2/c1-4-16-39(17-5-1)55(40-18-6-2-7-19-40)48-25-13-10-24-44(48)54-45(37-28-30-51-46(33-37)42-22-11-14-26-50(42)56-51)34-38(35-49(54)55)36-29-31-53-47(32-36)43-23-12-15-27-52(43)57(53)41-20-8-3-9-21-41/h1-9,11-12,14-35,56H,10,13H2. The molecule has 0 saturated heterocycles. The molecule has 0 aliphatic heterocycles. The van der Waals surface area contributed by atoms with E-state index in [9.17, 15) is 0 Å². The van der Waals surface area contributed by atoms with Crippen molar-refractivity contribution < 1.29 is 0 Å². The van der Waals surface area contributed by atoms with E-state index >= 15 is 0 Å². The van der Waals surface area contributed by atoms with Gasteiger partial charge in [-0.15, -0.1) is 0 Å². The molecular weight excluding hydrogens is 689 g/mol. The predicted molar refractivity (Wildman–Crippen MR) is 239 cm³/mol. The molecule has 8 aromatic carbocycles. The number of allylic oxidation sites excluding steroid dienone is 4. The third-order valence-corrected chi connectivity index (χ3v) is 12.6. The minimum Gasteiger partial charge on any atom is -0.355 e. The Morgan fingerprint density at radius 1 is 0.439 bits per heavy atom. The SMILES string of the molecule is C1=C2C(=CCC1)C(c1ccccc1)(c1ccccc1)c1cc(-c3ccc4c(c3)c3ccccc3n4-c3ccccc3)cc(-c3ccc4[nH]c5ccccc5c4c3)c12. The summed E-state index contributed by atoms with van der Waals surface area (Å²) in [5.74, 6) is 0. The van der Waals surface area contributed by atoms with Gasteiger partial charge >= 0.3 is 0 Å². The number of H-pyrrole nitrogens is 1. The molecule has 1 N–H and O–H groups in total. The molecule has 2 aliphatic rings. The van der Waals surface area contributed by atoms with E-state index in [0.717, 1.165) is 18.4 Å². The minimum atomic E-state index is -0.479. The zero-order chi connectivity index (χ0) is 37.5. The van der Waals surface area contributed by atoms with Gasteiger partial charge in [0, 0.05) is 38.3 Å². The lowest BCUT2D eigenvalue weighted by molar-refractivity contribution is 0.759. The van der Waals surface area contributed by atoms with E-state index in [1.807, 2.05) is 0 Å². The maximum atomic E-state index is 3.67. The molecule has 0 radical (unpaired) electrons. The number of aromatic amines is 1. The van der Waals surface area contributed by atoms with Crippen molar-refractivity contribution in [3.8, 4) is 27.9 Å². The Morgan fingerprint density at radius 2 is 1.05 bits per heavy atom. The molecule has 12 rings (SSSR count). The van der Waals surface area contributed by atoms with Gasteiger partial charge in [0.1, 0.15) is 0 Å². The topological polar surface area (TPSA) is 20.7 Å². The van der Waals surface area contributed by atoms with Gasteiger partial charge in [-0.3, -0.25) is 0 Å². The van der Waals surface area contributed by atoms with Crippen molar-refractivity contribution in [2.75, 3.05) is 0 Å². The Bertz CT molecular complexity index is 3230. The minimum absolute atomic E-state index is 0.479. The van der Waals surface area contributed by atoms with Gasteiger partial charge in [-0.25, -0.2) is 0 Å². The Labute approximate surface area is 331 Å². The maximum absolute atomic E-state index is 3.67.